The van der Waals surface area contributed by atoms with E-state index in [9.17, 15) is 0 Å². The number of benzene rings is 1. The Kier molecular flexibility index (Phi) is 6.26. The summed E-state index contributed by atoms with van der Waals surface area (Å²) in [5.74, 6) is 0. The van der Waals surface area contributed by atoms with Crippen LogP contribution < -0.4 is 10.2 Å². The molecule has 2 aliphatic heterocycles. The van der Waals surface area contributed by atoms with Crippen LogP contribution in [0.1, 0.15) is 54.6 Å². The number of aromatic nitrogens is 1. The normalized spacial score (nSPS) is 25.9. The van der Waals surface area contributed by atoms with Crippen LogP contribution in [0, 0.1) is 0 Å². The lowest BCUT2D eigenvalue weighted by Crippen LogP contribution is -2.46. The van der Waals surface area contributed by atoms with Crippen LogP contribution in [-0.4, -0.2) is 55.3 Å². The van der Waals surface area contributed by atoms with Gasteiger partial charge in [-0.05, 0) is 68.0 Å². The largest absolute Gasteiger partial charge is 0.375 e. The lowest BCUT2D eigenvalue weighted by molar-refractivity contribution is 0.0383. The van der Waals surface area contributed by atoms with Crippen LogP contribution in [0.15, 0.2) is 36.5 Å². The van der Waals surface area contributed by atoms with Crippen LogP contribution in [0.5, 0.6) is 0 Å². The molecule has 0 spiro atoms. The lowest BCUT2D eigenvalue weighted by Gasteiger charge is -2.39. The third-order valence-corrected chi connectivity index (χ3v) is 7.42. The van der Waals surface area contributed by atoms with Gasteiger partial charge in [-0.25, -0.2) is 0 Å². The minimum Gasteiger partial charge on any atom is -0.375 e. The van der Waals surface area contributed by atoms with Crippen molar-refractivity contribution in [3.8, 4) is 0 Å². The van der Waals surface area contributed by atoms with Gasteiger partial charge < -0.3 is 15.0 Å². The topological polar surface area (TPSA) is 40.6 Å². The molecule has 1 aromatic heterocycles. The van der Waals surface area contributed by atoms with Gasteiger partial charge >= 0.3 is 0 Å². The summed E-state index contributed by atoms with van der Waals surface area (Å²) in [6, 6.07) is 12.1. The van der Waals surface area contributed by atoms with Gasteiger partial charge in [0.25, 0.3) is 0 Å². The first-order valence-electron chi connectivity index (χ1n) is 12.1. The SMILES string of the molecule is CCC1CN(c2cccc3c2C[C@H](CN(C)[C@H]2CCCc4cccnc42)NC3)CCO1. The summed E-state index contributed by atoms with van der Waals surface area (Å²) >= 11 is 0. The second kappa shape index (κ2) is 9.27. The molecule has 5 heteroatoms. The summed E-state index contributed by atoms with van der Waals surface area (Å²) in [6.45, 7) is 7.08. The first kappa shape index (κ1) is 20.9. The molecule has 31 heavy (non-hydrogen) atoms. The van der Waals surface area contributed by atoms with E-state index >= 15 is 0 Å². The highest BCUT2D eigenvalue weighted by molar-refractivity contribution is 5.58. The second-order valence-corrected chi connectivity index (χ2v) is 9.44. The zero-order valence-electron chi connectivity index (χ0n) is 19.0. The van der Waals surface area contributed by atoms with Gasteiger partial charge in [0.2, 0.25) is 0 Å². The van der Waals surface area contributed by atoms with E-state index in [4.69, 9.17) is 9.72 Å². The van der Waals surface area contributed by atoms with E-state index in [0.717, 1.165) is 45.6 Å². The predicted molar refractivity (Wildman–Crippen MR) is 126 cm³/mol. The van der Waals surface area contributed by atoms with Crippen LogP contribution in [0.25, 0.3) is 0 Å². The molecule has 5 nitrogen and oxygen atoms in total. The predicted octanol–water partition coefficient (Wildman–Crippen LogP) is 3.72. The Labute approximate surface area is 186 Å². The minimum atomic E-state index is 0.354. The summed E-state index contributed by atoms with van der Waals surface area (Å²) in [5.41, 5.74) is 7.16. The van der Waals surface area contributed by atoms with Crippen LogP contribution in [0.2, 0.25) is 0 Å². The van der Waals surface area contributed by atoms with Crippen molar-refractivity contribution in [1.82, 2.24) is 15.2 Å². The van der Waals surface area contributed by atoms with Gasteiger partial charge in [-0.3, -0.25) is 9.88 Å². The summed E-state index contributed by atoms with van der Waals surface area (Å²) in [4.78, 5) is 9.86. The standard InChI is InChI=1S/C26H36N4O/c1-3-22-18-30(13-14-31-22)24-10-5-8-20-16-28-21(15-23(20)24)17-29(2)25-11-4-7-19-9-6-12-27-26(19)25/h5-6,8-10,12,21-22,25,28H,3-4,7,11,13-18H2,1-2H3/t21-,22?,25+/m1/s1. The molecule has 5 rings (SSSR count). The molecule has 1 aliphatic carbocycles. The fourth-order valence-electron chi connectivity index (χ4n) is 5.69. The lowest BCUT2D eigenvalue weighted by atomic mass is 9.89. The van der Waals surface area contributed by atoms with Crippen molar-refractivity contribution < 1.29 is 4.74 Å². The van der Waals surface area contributed by atoms with Crippen LogP contribution >= 0.6 is 0 Å². The Morgan fingerprint density at radius 2 is 2.13 bits per heavy atom. The number of nitrogens with zero attached hydrogens (tertiary/aromatic N) is 3. The molecule has 3 aliphatic rings. The van der Waals surface area contributed by atoms with E-state index in [0.29, 0.717) is 18.2 Å². The molecule has 3 heterocycles. The molecule has 166 valence electrons. The third-order valence-electron chi connectivity index (χ3n) is 7.42. The number of likely N-dealkylation sites (N-methyl/N-ethyl adjacent to an activating group) is 1. The summed E-state index contributed by atoms with van der Waals surface area (Å²) in [7, 11) is 2.28. The van der Waals surface area contributed by atoms with Crippen molar-refractivity contribution in [2.24, 2.45) is 0 Å². The zero-order chi connectivity index (χ0) is 21.2. The van der Waals surface area contributed by atoms with Gasteiger partial charge in [0.1, 0.15) is 0 Å². The molecule has 1 aromatic carbocycles. The number of pyridine rings is 1. The Bertz CT molecular complexity index is 901. The van der Waals surface area contributed by atoms with Crippen molar-refractivity contribution >= 4 is 5.69 Å². The molecule has 1 fully saturated rings. The highest BCUT2D eigenvalue weighted by Gasteiger charge is 2.29. The fourth-order valence-corrected chi connectivity index (χ4v) is 5.69. The third kappa shape index (κ3) is 4.36. The number of aryl methyl sites for hydroxylation is 1. The summed E-state index contributed by atoms with van der Waals surface area (Å²) in [6.07, 6.45) is 8.12. The first-order valence-corrected chi connectivity index (χ1v) is 12.1. The molecule has 1 N–H and O–H groups in total. The smallest absolute Gasteiger partial charge is 0.0748 e. The zero-order valence-corrected chi connectivity index (χ0v) is 19.0. The highest BCUT2D eigenvalue weighted by Crippen LogP contribution is 2.34. The second-order valence-electron chi connectivity index (χ2n) is 9.44. The number of hydrogen-bond acceptors (Lipinski definition) is 5. The molecule has 3 atom stereocenters. The molecular formula is C26H36N4O. The van der Waals surface area contributed by atoms with Crippen LogP contribution in [0.3, 0.4) is 0 Å². The van der Waals surface area contributed by atoms with Crippen molar-refractivity contribution in [1.29, 1.82) is 0 Å². The maximum absolute atomic E-state index is 5.93. The van der Waals surface area contributed by atoms with E-state index in [1.165, 1.54) is 41.8 Å². The van der Waals surface area contributed by atoms with Gasteiger partial charge in [0.15, 0.2) is 0 Å². The molecular weight excluding hydrogens is 384 g/mol. The van der Waals surface area contributed by atoms with Crippen molar-refractivity contribution in [3.63, 3.8) is 0 Å². The number of fused-ring (bicyclic) bond motifs is 2. The molecule has 0 amide bonds. The van der Waals surface area contributed by atoms with E-state index in [1.807, 2.05) is 6.20 Å². The van der Waals surface area contributed by atoms with Gasteiger partial charge in [-0.2, -0.15) is 0 Å². The Morgan fingerprint density at radius 3 is 3.03 bits per heavy atom. The fraction of sp³-hybridized carbons (Fsp3) is 0.577. The highest BCUT2D eigenvalue weighted by atomic mass is 16.5. The van der Waals surface area contributed by atoms with Crippen molar-refractivity contribution in [3.05, 3.63) is 58.9 Å². The van der Waals surface area contributed by atoms with Crippen LogP contribution in [-0.2, 0) is 24.1 Å². The number of hydrogen-bond donors (Lipinski definition) is 1. The number of nitrogens with one attached hydrogen (secondary N) is 1. The van der Waals surface area contributed by atoms with Crippen molar-refractivity contribution in [2.45, 2.75) is 63.8 Å². The Morgan fingerprint density at radius 1 is 1.23 bits per heavy atom. The Balaban J connectivity index is 1.31. The van der Waals surface area contributed by atoms with E-state index in [2.05, 4.69) is 59.4 Å². The first-order chi connectivity index (χ1) is 15.2. The van der Waals surface area contributed by atoms with Gasteiger partial charge in [0.05, 0.1) is 24.4 Å². The molecule has 1 unspecified atom stereocenters. The number of ether oxygens (including phenoxy) is 1. The summed E-state index contributed by atoms with van der Waals surface area (Å²) in [5, 5.41) is 3.81. The van der Waals surface area contributed by atoms with Crippen LogP contribution in [0.4, 0.5) is 5.69 Å². The quantitative estimate of drug-likeness (QED) is 0.798. The average Bonchev–Trinajstić information content (AvgIpc) is 2.83. The molecule has 0 saturated carbocycles. The monoisotopic (exact) mass is 420 g/mol. The van der Waals surface area contributed by atoms with Gasteiger partial charge in [-0.1, -0.05) is 25.1 Å². The average molecular weight is 421 g/mol. The van der Waals surface area contributed by atoms with E-state index in [-0.39, 0.29) is 0 Å². The molecule has 2 aromatic rings. The number of anilines is 1. The van der Waals surface area contributed by atoms with Crippen molar-refractivity contribution in [2.75, 3.05) is 38.2 Å². The summed E-state index contributed by atoms with van der Waals surface area (Å²) < 4.78 is 5.93. The molecule has 1 saturated heterocycles. The minimum absolute atomic E-state index is 0.354. The van der Waals surface area contributed by atoms with Gasteiger partial charge in [0, 0.05) is 44.1 Å². The number of morpholine rings is 1. The maximum atomic E-state index is 5.93. The Hall–Kier alpha value is -1.95. The van der Waals surface area contributed by atoms with Gasteiger partial charge in [-0.15, -0.1) is 0 Å². The molecule has 0 bridgehead atoms. The molecule has 0 radical (unpaired) electrons. The number of rotatable bonds is 5. The van der Waals surface area contributed by atoms with E-state index in [1.54, 1.807) is 5.56 Å². The maximum Gasteiger partial charge on any atom is 0.0748 e. The van der Waals surface area contributed by atoms with E-state index < -0.39 is 0 Å².